The summed E-state index contributed by atoms with van der Waals surface area (Å²) in [6.07, 6.45) is 2.54. The second kappa shape index (κ2) is 5.85. The number of rotatable bonds is 2. The molecule has 3 nitrogen and oxygen atoms in total. The standard InChI is InChI=1S/C12H13BrClNO2/c13-9-7-8(14)4-5-10(9)15-12(16)11-3-1-2-6-17-11/h4-5,7,11H,1-3,6H2,(H,15,16). The molecule has 1 aromatic rings. The van der Waals surface area contributed by atoms with E-state index >= 15 is 0 Å². The van der Waals surface area contributed by atoms with Gasteiger partial charge in [-0.1, -0.05) is 11.6 Å². The van der Waals surface area contributed by atoms with E-state index in [1.54, 1.807) is 18.2 Å². The quantitative estimate of drug-likeness (QED) is 0.904. The summed E-state index contributed by atoms with van der Waals surface area (Å²) >= 11 is 9.19. The monoisotopic (exact) mass is 317 g/mol. The van der Waals surface area contributed by atoms with Crippen molar-refractivity contribution in [2.24, 2.45) is 0 Å². The highest BCUT2D eigenvalue weighted by Crippen LogP contribution is 2.26. The lowest BCUT2D eigenvalue weighted by molar-refractivity contribution is -0.129. The number of halogens is 2. The van der Waals surface area contributed by atoms with Crippen molar-refractivity contribution in [3.63, 3.8) is 0 Å². The van der Waals surface area contributed by atoms with Crippen molar-refractivity contribution in [2.45, 2.75) is 25.4 Å². The first kappa shape index (κ1) is 12.9. The van der Waals surface area contributed by atoms with Gasteiger partial charge >= 0.3 is 0 Å². The average Bonchev–Trinajstić information content (AvgIpc) is 2.34. The van der Waals surface area contributed by atoms with Gasteiger partial charge in [0.1, 0.15) is 6.10 Å². The van der Waals surface area contributed by atoms with Crippen molar-refractivity contribution < 1.29 is 9.53 Å². The summed E-state index contributed by atoms with van der Waals surface area (Å²) in [7, 11) is 0. The number of nitrogens with one attached hydrogen (secondary N) is 1. The molecule has 1 aliphatic heterocycles. The van der Waals surface area contributed by atoms with Crippen LogP contribution < -0.4 is 5.32 Å². The van der Waals surface area contributed by atoms with E-state index in [0.29, 0.717) is 17.3 Å². The number of anilines is 1. The predicted molar refractivity (Wildman–Crippen MR) is 71.4 cm³/mol. The van der Waals surface area contributed by atoms with E-state index < -0.39 is 0 Å². The fraction of sp³-hybridized carbons (Fsp3) is 0.417. The Bertz CT molecular complexity index is 419. The summed E-state index contributed by atoms with van der Waals surface area (Å²) in [5.41, 5.74) is 0.716. The highest BCUT2D eigenvalue weighted by Gasteiger charge is 2.22. The van der Waals surface area contributed by atoms with Crippen LogP contribution >= 0.6 is 27.5 Å². The maximum Gasteiger partial charge on any atom is 0.253 e. The predicted octanol–water partition coefficient (Wildman–Crippen LogP) is 3.61. The average molecular weight is 319 g/mol. The summed E-state index contributed by atoms with van der Waals surface area (Å²) in [4.78, 5) is 11.9. The number of hydrogen-bond donors (Lipinski definition) is 1. The van der Waals surface area contributed by atoms with Crippen LogP contribution in [-0.4, -0.2) is 18.6 Å². The van der Waals surface area contributed by atoms with E-state index in [4.69, 9.17) is 16.3 Å². The molecule has 1 saturated heterocycles. The fourth-order valence-corrected chi connectivity index (χ4v) is 2.53. The second-order valence-electron chi connectivity index (χ2n) is 3.97. The molecule has 17 heavy (non-hydrogen) atoms. The molecular weight excluding hydrogens is 305 g/mol. The van der Waals surface area contributed by atoms with Gasteiger partial charge in [-0.3, -0.25) is 4.79 Å². The second-order valence-corrected chi connectivity index (χ2v) is 5.26. The third-order valence-corrected chi connectivity index (χ3v) is 3.55. The Hall–Kier alpha value is -0.580. The molecule has 0 radical (unpaired) electrons. The largest absolute Gasteiger partial charge is 0.368 e. The topological polar surface area (TPSA) is 38.3 Å². The van der Waals surface area contributed by atoms with Crippen LogP contribution in [0.15, 0.2) is 22.7 Å². The van der Waals surface area contributed by atoms with E-state index in [1.165, 1.54) is 0 Å². The van der Waals surface area contributed by atoms with E-state index in [9.17, 15) is 4.79 Å². The summed E-state index contributed by atoms with van der Waals surface area (Å²) in [6.45, 7) is 0.667. The van der Waals surface area contributed by atoms with Gasteiger partial charge in [0, 0.05) is 16.1 Å². The number of ether oxygens (including phenoxy) is 1. The first-order valence-electron chi connectivity index (χ1n) is 5.54. The SMILES string of the molecule is O=C(Nc1ccc(Cl)cc1Br)C1CCCCO1. The lowest BCUT2D eigenvalue weighted by atomic mass is 10.1. The number of hydrogen-bond acceptors (Lipinski definition) is 2. The van der Waals surface area contributed by atoms with Gasteiger partial charge in [-0.05, 0) is 53.4 Å². The van der Waals surface area contributed by atoms with Crippen LogP contribution in [-0.2, 0) is 9.53 Å². The van der Waals surface area contributed by atoms with Crippen LogP contribution in [0.25, 0.3) is 0 Å². The lowest BCUT2D eigenvalue weighted by Gasteiger charge is -2.21. The van der Waals surface area contributed by atoms with Crippen molar-refractivity contribution in [3.8, 4) is 0 Å². The Morgan fingerprint density at radius 2 is 2.29 bits per heavy atom. The Morgan fingerprint density at radius 3 is 2.94 bits per heavy atom. The van der Waals surface area contributed by atoms with Crippen LogP contribution in [0.1, 0.15) is 19.3 Å². The molecule has 1 N–H and O–H groups in total. The van der Waals surface area contributed by atoms with Crippen LogP contribution in [0.5, 0.6) is 0 Å². The molecule has 92 valence electrons. The van der Waals surface area contributed by atoms with Crippen LogP contribution in [0.4, 0.5) is 5.69 Å². The minimum Gasteiger partial charge on any atom is -0.368 e. The summed E-state index contributed by atoms with van der Waals surface area (Å²) in [5, 5.41) is 3.47. The van der Waals surface area contributed by atoms with Crippen molar-refractivity contribution in [1.29, 1.82) is 0 Å². The van der Waals surface area contributed by atoms with E-state index in [0.717, 1.165) is 23.7 Å². The summed E-state index contributed by atoms with van der Waals surface area (Å²) in [5.74, 6) is -0.0901. The number of carbonyl (C=O) groups is 1. The molecule has 2 rings (SSSR count). The lowest BCUT2D eigenvalue weighted by Crippen LogP contribution is -2.33. The normalized spacial score (nSPS) is 20.0. The molecular formula is C12H13BrClNO2. The van der Waals surface area contributed by atoms with Crippen molar-refractivity contribution >= 4 is 39.1 Å². The van der Waals surface area contributed by atoms with Gasteiger partial charge in [0.25, 0.3) is 5.91 Å². The van der Waals surface area contributed by atoms with Gasteiger partial charge in [-0.15, -0.1) is 0 Å². The van der Waals surface area contributed by atoms with Gasteiger partial charge in [0.2, 0.25) is 0 Å². The molecule has 1 unspecified atom stereocenters. The molecule has 0 aromatic heterocycles. The third kappa shape index (κ3) is 3.44. The maximum absolute atomic E-state index is 11.9. The molecule has 1 heterocycles. The van der Waals surface area contributed by atoms with E-state index in [-0.39, 0.29) is 12.0 Å². The molecule has 0 spiro atoms. The van der Waals surface area contributed by atoms with Gasteiger partial charge in [-0.2, -0.15) is 0 Å². The Balaban J connectivity index is 2.02. The third-order valence-electron chi connectivity index (χ3n) is 2.66. The molecule has 1 fully saturated rings. The zero-order valence-corrected chi connectivity index (χ0v) is 11.6. The minimum absolute atomic E-state index is 0.0901. The highest BCUT2D eigenvalue weighted by molar-refractivity contribution is 9.10. The van der Waals surface area contributed by atoms with Crippen molar-refractivity contribution in [3.05, 3.63) is 27.7 Å². The van der Waals surface area contributed by atoms with Gasteiger partial charge in [0.05, 0.1) is 5.69 Å². The molecule has 5 heteroatoms. The minimum atomic E-state index is -0.327. The summed E-state index contributed by atoms with van der Waals surface area (Å²) < 4.78 is 6.19. The molecule has 0 saturated carbocycles. The molecule has 1 aliphatic rings. The van der Waals surface area contributed by atoms with Crippen LogP contribution in [0, 0.1) is 0 Å². The Morgan fingerprint density at radius 1 is 1.47 bits per heavy atom. The smallest absolute Gasteiger partial charge is 0.253 e. The molecule has 1 aromatic carbocycles. The number of carbonyl (C=O) groups excluding carboxylic acids is 1. The van der Waals surface area contributed by atoms with Crippen LogP contribution in [0.3, 0.4) is 0 Å². The molecule has 0 bridgehead atoms. The Kier molecular flexibility index (Phi) is 4.42. The summed E-state index contributed by atoms with van der Waals surface area (Å²) in [6, 6.07) is 5.26. The van der Waals surface area contributed by atoms with Crippen molar-refractivity contribution in [2.75, 3.05) is 11.9 Å². The van der Waals surface area contributed by atoms with Gasteiger partial charge < -0.3 is 10.1 Å². The first-order valence-corrected chi connectivity index (χ1v) is 6.71. The number of amides is 1. The van der Waals surface area contributed by atoms with E-state index in [1.807, 2.05) is 0 Å². The zero-order chi connectivity index (χ0) is 12.3. The van der Waals surface area contributed by atoms with Crippen LogP contribution in [0.2, 0.25) is 5.02 Å². The molecule has 1 amide bonds. The zero-order valence-electron chi connectivity index (χ0n) is 9.21. The maximum atomic E-state index is 11.9. The highest BCUT2D eigenvalue weighted by atomic mass is 79.9. The first-order chi connectivity index (χ1) is 8.16. The Labute approximate surface area is 114 Å². The molecule has 1 atom stereocenters. The number of benzene rings is 1. The fourth-order valence-electron chi connectivity index (χ4n) is 1.75. The van der Waals surface area contributed by atoms with E-state index in [2.05, 4.69) is 21.2 Å². The van der Waals surface area contributed by atoms with Crippen molar-refractivity contribution in [1.82, 2.24) is 0 Å². The van der Waals surface area contributed by atoms with Gasteiger partial charge in [0.15, 0.2) is 0 Å². The molecule has 0 aliphatic carbocycles. The van der Waals surface area contributed by atoms with Gasteiger partial charge in [-0.25, -0.2) is 0 Å².